The first kappa shape index (κ1) is 16.4. The normalized spacial score (nSPS) is 9.71. The minimum absolute atomic E-state index is 0.144. The summed E-state index contributed by atoms with van der Waals surface area (Å²) >= 11 is 0. The van der Waals surface area contributed by atoms with Gasteiger partial charge in [0.05, 0.1) is 17.6 Å². The van der Waals surface area contributed by atoms with Crippen LogP contribution < -0.4 is 5.32 Å². The quantitative estimate of drug-likeness (QED) is 0.337. The maximum atomic E-state index is 10.9. The van der Waals surface area contributed by atoms with Gasteiger partial charge < -0.3 is 10.1 Å². The van der Waals surface area contributed by atoms with Crippen molar-refractivity contribution < 1.29 is 14.5 Å². The Bertz CT molecular complexity index is 554. The minimum Gasteiger partial charge on any atom is -0.469 e. The van der Waals surface area contributed by atoms with Crippen LogP contribution in [0.1, 0.15) is 31.2 Å². The number of pyridine rings is 1. The number of nitrogens with zero attached hydrogens (tertiary/aromatic N) is 3. The molecule has 1 heterocycles. The smallest absolute Gasteiger partial charge is 0.312 e. The van der Waals surface area contributed by atoms with E-state index in [9.17, 15) is 14.9 Å². The van der Waals surface area contributed by atoms with Crippen LogP contribution in [0.15, 0.2) is 12.3 Å². The van der Waals surface area contributed by atoms with Gasteiger partial charge in [0.1, 0.15) is 6.07 Å². The van der Waals surface area contributed by atoms with E-state index in [2.05, 4.69) is 15.0 Å². The van der Waals surface area contributed by atoms with Crippen LogP contribution in [0.3, 0.4) is 0 Å². The highest BCUT2D eigenvalue weighted by atomic mass is 16.6. The summed E-state index contributed by atoms with van der Waals surface area (Å²) in [6, 6.07) is 3.00. The minimum atomic E-state index is -0.576. The summed E-state index contributed by atoms with van der Waals surface area (Å²) < 4.78 is 4.52. The number of anilines is 1. The van der Waals surface area contributed by atoms with Crippen molar-refractivity contribution >= 4 is 17.5 Å². The van der Waals surface area contributed by atoms with Crippen molar-refractivity contribution in [1.29, 1.82) is 5.26 Å². The van der Waals surface area contributed by atoms with E-state index in [1.807, 2.05) is 6.07 Å². The highest BCUT2D eigenvalue weighted by molar-refractivity contribution is 5.68. The molecule has 0 aliphatic carbocycles. The number of hydrogen-bond donors (Lipinski definition) is 1. The SMILES string of the molecule is COC(=O)CCCCCNc1ncc(C#N)cc1[N+](=O)[O-]. The molecule has 0 aliphatic rings. The molecule has 21 heavy (non-hydrogen) atoms. The standard InChI is InChI=1S/C13H16N4O4/c1-21-12(18)5-3-2-4-6-15-13-11(17(19)20)7-10(8-14)9-16-13/h7,9H,2-6H2,1H3,(H,15,16). The second-order valence-corrected chi connectivity index (χ2v) is 4.27. The van der Waals surface area contributed by atoms with Crippen LogP contribution >= 0.6 is 0 Å². The zero-order chi connectivity index (χ0) is 15.7. The van der Waals surface area contributed by atoms with Crippen molar-refractivity contribution in [2.75, 3.05) is 19.0 Å². The number of aromatic nitrogens is 1. The van der Waals surface area contributed by atoms with Gasteiger partial charge in [0.2, 0.25) is 5.82 Å². The van der Waals surface area contributed by atoms with Crippen molar-refractivity contribution in [3.8, 4) is 6.07 Å². The van der Waals surface area contributed by atoms with Crippen molar-refractivity contribution in [1.82, 2.24) is 4.98 Å². The first-order chi connectivity index (χ1) is 10.1. The molecular formula is C13H16N4O4. The fraction of sp³-hybridized carbons (Fsp3) is 0.462. The predicted octanol–water partition coefficient (Wildman–Crippen LogP) is 2.01. The third-order valence-electron chi connectivity index (χ3n) is 2.77. The Kier molecular flexibility index (Phi) is 6.60. The van der Waals surface area contributed by atoms with Gasteiger partial charge >= 0.3 is 11.7 Å². The molecule has 0 aliphatic heterocycles. The fourth-order valence-electron chi connectivity index (χ4n) is 1.67. The zero-order valence-corrected chi connectivity index (χ0v) is 11.7. The van der Waals surface area contributed by atoms with Crippen molar-refractivity contribution in [3.05, 3.63) is 27.9 Å². The van der Waals surface area contributed by atoms with Gasteiger partial charge in [-0.1, -0.05) is 6.42 Å². The number of hydrogen-bond acceptors (Lipinski definition) is 7. The molecule has 8 heteroatoms. The molecule has 0 spiro atoms. The fourth-order valence-corrected chi connectivity index (χ4v) is 1.67. The molecule has 0 atom stereocenters. The second kappa shape index (κ2) is 8.47. The second-order valence-electron chi connectivity index (χ2n) is 4.27. The first-order valence-electron chi connectivity index (χ1n) is 6.43. The Labute approximate surface area is 121 Å². The number of nitro groups is 1. The zero-order valence-electron chi connectivity index (χ0n) is 11.7. The molecule has 0 unspecified atom stereocenters. The van der Waals surface area contributed by atoms with E-state index in [0.29, 0.717) is 19.4 Å². The number of nitrogens with one attached hydrogen (secondary N) is 1. The van der Waals surface area contributed by atoms with E-state index in [1.54, 1.807) is 0 Å². The van der Waals surface area contributed by atoms with E-state index in [0.717, 1.165) is 12.8 Å². The molecule has 0 amide bonds. The van der Waals surface area contributed by atoms with Gasteiger partial charge in [-0.3, -0.25) is 14.9 Å². The summed E-state index contributed by atoms with van der Waals surface area (Å²) in [5, 5.41) is 22.5. The third-order valence-corrected chi connectivity index (χ3v) is 2.77. The Morgan fingerprint density at radius 3 is 2.90 bits per heavy atom. The molecule has 0 aromatic carbocycles. The van der Waals surface area contributed by atoms with Crippen LogP contribution in [0.2, 0.25) is 0 Å². The maximum absolute atomic E-state index is 10.9. The van der Waals surface area contributed by atoms with Crippen LogP contribution in [-0.2, 0) is 9.53 Å². The molecule has 112 valence electrons. The van der Waals surface area contributed by atoms with E-state index < -0.39 is 4.92 Å². The van der Waals surface area contributed by atoms with Gasteiger partial charge in [-0.2, -0.15) is 5.26 Å². The lowest BCUT2D eigenvalue weighted by Crippen LogP contribution is -2.07. The molecule has 0 bridgehead atoms. The summed E-state index contributed by atoms with van der Waals surface area (Å²) in [5.41, 5.74) is -0.0751. The first-order valence-corrected chi connectivity index (χ1v) is 6.43. The van der Waals surface area contributed by atoms with Crippen LogP contribution in [0.5, 0.6) is 0 Å². The number of ether oxygens (including phenoxy) is 1. The average Bonchev–Trinajstić information content (AvgIpc) is 2.50. The van der Waals surface area contributed by atoms with Crippen LogP contribution in [0.25, 0.3) is 0 Å². The number of rotatable bonds is 8. The van der Waals surface area contributed by atoms with E-state index in [4.69, 9.17) is 5.26 Å². The lowest BCUT2D eigenvalue weighted by Gasteiger charge is -2.06. The summed E-state index contributed by atoms with van der Waals surface area (Å²) in [5.74, 6) is -0.0978. The largest absolute Gasteiger partial charge is 0.469 e. The van der Waals surface area contributed by atoms with Gasteiger partial charge in [0.25, 0.3) is 0 Å². The van der Waals surface area contributed by atoms with E-state index in [1.165, 1.54) is 19.4 Å². The average molecular weight is 292 g/mol. The number of nitriles is 1. The highest BCUT2D eigenvalue weighted by Crippen LogP contribution is 2.22. The number of methoxy groups -OCH3 is 1. The highest BCUT2D eigenvalue weighted by Gasteiger charge is 2.15. The number of carbonyl (C=O) groups is 1. The summed E-state index contributed by atoms with van der Waals surface area (Å²) in [4.78, 5) is 25.1. The molecule has 1 aromatic heterocycles. The number of esters is 1. The van der Waals surface area contributed by atoms with Crippen LogP contribution in [-0.4, -0.2) is 29.5 Å². The van der Waals surface area contributed by atoms with Crippen LogP contribution in [0.4, 0.5) is 11.5 Å². The molecule has 8 nitrogen and oxygen atoms in total. The third kappa shape index (κ3) is 5.44. The molecule has 1 aromatic rings. The summed E-state index contributed by atoms with van der Waals surface area (Å²) in [7, 11) is 1.35. The Balaban J connectivity index is 2.43. The molecule has 0 saturated heterocycles. The van der Waals surface area contributed by atoms with Crippen molar-refractivity contribution in [2.24, 2.45) is 0 Å². The van der Waals surface area contributed by atoms with Crippen molar-refractivity contribution in [3.63, 3.8) is 0 Å². The molecule has 0 saturated carbocycles. The van der Waals surface area contributed by atoms with Gasteiger partial charge in [-0.15, -0.1) is 0 Å². The maximum Gasteiger partial charge on any atom is 0.312 e. The Morgan fingerprint density at radius 2 is 2.29 bits per heavy atom. The molecular weight excluding hydrogens is 276 g/mol. The summed E-state index contributed by atoms with van der Waals surface area (Å²) in [6.07, 6.45) is 3.90. The molecule has 0 fully saturated rings. The monoisotopic (exact) mass is 292 g/mol. The lowest BCUT2D eigenvalue weighted by atomic mass is 10.2. The topological polar surface area (TPSA) is 118 Å². The molecule has 0 radical (unpaired) electrons. The van der Waals surface area contributed by atoms with Gasteiger partial charge in [-0.25, -0.2) is 4.98 Å². The molecule has 1 N–H and O–H groups in total. The number of carbonyl (C=O) groups excluding carboxylic acids is 1. The molecule has 1 rings (SSSR count). The number of unbranched alkanes of at least 4 members (excludes halogenated alkanes) is 2. The van der Waals surface area contributed by atoms with Gasteiger partial charge in [0, 0.05) is 25.2 Å². The van der Waals surface area contributed by atoms with Gasteiger partial charge in [0.15, 0.2) is 0 Å². The predicted molar refractivity (Wildman–Crippen MR) is 74.6 cm³/mol. The Hall–Kier alpha value is -2.69. The van der Waals surface area contributed by atoms with E-state index in [-0.39, 0.29) is 23.0 Å². The summed E-state index contributed by atoms with van der Waals surface area (Å²) in [6.45, 7) is 0.501. The van der Waals surface area contributed by atoms with Crippen LogP contribution in [0, 0.1) is 21.4 Å². The lowest BCUT2D eigenvalue weighted by molar-refractivity contribution is -0.384. The van der Waals surface area contributed by atoms with E-state index >= 15 is 0 Å². The Morgan fingerprint density at radius 1 is 1.52 bits per heavy atom. The van der Waals surface area contributed by atoms with Gasteiger partial charge in [-0.05, 0) is 12.8 Å². The van der Waals surface area contributed by atoms with Crippen molar-refractivity contribution in [2.45, 2.75) is 25.7 Å².